The normalized spacial score (nSPS) is 10.7. The van der Waals surface area contributed by atoms with Crippen molar-refractivity contribution in [3.63, 3.8) is 0 Å². The monoisotopic (exact) mass is 381 g/mol. The number of allylic oxidation sites excluding steroid dienone is 3. The van der Waals surface area contributed by atoms with E-state index in [1.165, 1.54) is 18.0 Å². The van der Waals surface area contributed by atoms with Crippen molar-refractivity contribution >= 4 is 38.0 Å². The lowest BCUT2D eigenvalue weighted by molar-refractivity contribution is 0.489. The predicted molar refractivity (Wildman–Crippen MR) is 103 cm³/mol. The minimum absolute atomic E-state index is 0.167. The molecule has 0 radical (unpaired) electrons. The summed E-state index contributed by atoms with van der Waals surface area (Å²) in [5, 5.41) is 0.949. The fourth-order valence-electron chi connectivity index (χ4n) is 1.26. The van der Waals surface area contributed by atoms with E-state index in [1.54, 1.807) is 30.6 Å². The summed E-state index contributed by atoms with van der Waals surface area (Å²) in [6, 6.07) is 3.31. The zero-order chi connectivity index (χ0) is 17.8. The quantitative estimate of drug-likeness (QED) is 0.311. The van der Waals surface area contributed by atoms with Crippen LogP contribution in [0.4, 0.5) is 0 Å². The maximum Gasteiger partial charge on any atom is 0.176 e. The first-order valence-corrected chi connectivity index (χ1v) is 9.54. The highest BCUT2D eigenvalue weighted by molar-refractivity contribution is 8.03. The molecule has 0 saturated heterocycles. The van der Waals surface area contributed by atoms with Crippen LogP contribution in [0.1, 0.15) is 12.5 Å². The Labute approximate surface area is 151 Å². The first-order valence-electron chi connectivity index (χ1n) is 6.74. The lowest BCUT2D eigenvalue weighted by Gasteiger charge is -1.99. The van der Waals surface area contributed by atoms with Gasteiger partial charge in [-0.15, -0.1) is 0 Å². The second-order valence-corrected chi connectivity index (χ2v) is 7.00. The van der Waals surface area contributed by atoms with Gasteiger partial charge >= 0.3 is 0 Å². The van der Waals surface area contributed by atoms with Crippen molar-refractivity contribution in [2.75, 3.05) is 5.49 Å². The maximum atomic E-state index is 8.96. The summed E-state index contributed by atoms with van der Waals surface area (Å²) < 4.78 is 0. The third-order valence-corrected chi connectivity index (χ3v) is 4.56. The number of nitrogens with one attached hydrogen (secondary N) is 1. The fraction of sp³-hybridized carbons (Fsp3) is 0.125. The molecule has 0 bridgehead atoms. The molecule has 0 fully saturated rings. The molecule has 1 aromatic rings. The highest BCUT2D eigenvalue weighted by Gasteiger charge is 2.00. The summed E-state index contributed by atoms with van der Waals surface area (Å²) in [5.41, 5.74) is 1.17. The van der Waals surface area contributed by atoms with Crippen molar-refractivity contribution in [2.24, 2.45) is 4.99 Å². The van der Waals surface area contributed by atoms with Crippen LogP contribution in [0.5, 0.6) is 0 Å². The van der Waals surface area contributed by atoms with Gasteiger partial charge in [0.2, 0.25) is 0 Å². The Kier molecular flexibility index (Phi) is 10.1. The van der Waals surface area contributed by atoms with Gasteiger partial charge in [0, 0.05) is 24.2 Å². The lowest BCUT2D eigenvalue weighted by Crippen LogP contribution is -1.81. The van der Waals surface area contributed by atoms with Crippen molar-refractivity contribution < 1.29 is 9.79 Å². The molecule has 1 aromatic heterocycles. The summed E-state index contributed by atoms with van der Waals surface area (Å²) >= 11 is 7.39. The Morgan fingerprint density at radius 2 is 2.33 bits per heavy atom. The minimum Gasteiger partial charge on any atom is -0.349 e. The minimum atomic E-state index is -1.98. The van der Waals surface area contributed by atoms with Gasteiger partial charge in [0.25, 0.3) is 0 Å². The van der Waals surface area contributed by atoms with Gasteiger partial charge in [-0.25, -0.2) is 9.98 Å². The van der Waals surface area contributed by atoms with Crippen LogP contribution in [0.15, 0.2) is 59.1 Å². The molecule has 3 N–H and O–H groups in total. The highest BCUT2D eigenvalue weighted by Crippen LogP contribution is 2.31. The van der Waals surface area contributed by atoms with E-state index in [1.807, 2.05) is 13.0 Å². The first kappa shape index (κ1) is 20.4. The largest absolute Gasteiger partial charge is 0.349 e. The Morgan fingerprint density at radius 1 is 1.54 bits per heavy atom. The molecule has 1 heterocycles. The molecule has 8 heteroatoms. The molecule has 0 unspecified atom stereocenters. The molecule has 0 aliphatic rings. The average molecular weight is 382 g/mol. The fourth-order valence-corrected chi connectivity index (χ4v) is 2.67. The Bertz CT molecular complexity index is 734. The second-order valence-electron chi connectivity index (χ2n) is 4.14. The topological polar surface area (TPSA) is 81.5 Å². The Morgan fingerprint density at radius 3 is 3.04 bits per heavy atom. The molecular formula is C16H17ClN3O2PS. The molecule has 1 rings (SSSR count). The van der Waals surface area contributed by atoms with Crippen molar-refractivity contribution in [2.45, 2.75) is 12.1 Å². The number of halogens is 1. The number of aromatic amines is 1. The third-order valence-electron chi connectivity index (χ3n) is 2.29. The lowest BCUT2D eigenvalue weighted by atomic mass is 10.3. The summed E-state index contributed by atoms with van der Waals surface area (Å²) in [6.07, 6.45) is 8.40. The molecule has 0 spiro atoms. The van der Waals surface area contributed by atoms with E-state index in [0.717, 1.165) is 0 Å². The smallest absolute Gasteiger partial charge is 0.176 e. The number of aliphatic imine (C=N–C) groups is 1. The van der Waals surface area contributed by atoms with E-state index < -0.39 is 8.38 Å². The summed E-state index contributed by atoms with van der Waals surface area (Å²) in [4.78, 5) is 29.1. The van der Waals surface area contributed by atoms with Gasteiger partial charge < -0.3 is 14.8 Å². The van der Waals surface area contributed by atoms with E-state index in [0.29, 0.717) is 21.4 Å². The van der Waals surface area contributed by atoms with Crippen molar-refractivity contribution in [3.05, 3.63) is 59.5 Å². The molecule has 24 heavy (non-hydrogen) atoms. The highest BCUT2D eigenvalue weighted by atomic mass is 35.5. The van der Waals surface area contributed by atoms with Crippen LogP contribution < -0.4 is 0 Å². The Hall–Kier alpha value is -1.61. The van der Waals surface area contributed by atoms with E-state index >= 15 is 0 Å². The number of H-pyrrole nitrogens is 1. The van der Waals surface area contributed by atoms with Crippen molar-refractivity contribution in [3.8, 4) is 11.8 Å². The van der Waals surface area contributed by atoms with Gasteiger partial charge in [-0.3, -0.25) is 0 Å². The number of hydrogen-bond acceptors (Lipinski definition) is 5. The van der Waals surface area contributed by atoms with Gasteiger partial charge in [0.15, 0.2) is 13.5 Å². The zero-order valence-electron chi connectivity index (χ0n) is 13.0. The maximum absolute atomic E-state index is 8.96. The SMILES string of the molecule is C=C(C#Cc1cc[nH]c(SCP(O)O)nccc1Cl)N=C/C=C\C. The molecule has 5 nitrogen and oxygen atoms in total. The van der Waals surface area contributed by atoms with E-state index in [4.69, 9.17) is 21.4 Å². The number of aromatic nitrogens is 2. The van der Waals surface area contributed by atoms with Crippen LogP contribution in [-0.4, -0.2) is 31.5 Å². The van der Waals surface area contributed by atoms with E-state index in [9.17, 15) is 0 Å². The van der Waals surface area contributed by atoms with Gasteiger partial charge in [0.05, 0.1) is 10.5 Å². The predicted octanol–water partition coefficient (Wildman–Crippen LogP) is 4.05. The van der Waals surface area contributed by atoms with E-state index in [-0.39, 0.29) is 5.49 Å². The molecular weight excluding hydrogens is 365 g/mol. The summed E-state index contributed by atoms with van der Waals surface area (Å²) in [6.45, 7) is 5.64. The summed E-state index contributed by atoms with van der Waals surface area (Å²) in [7, 11) is -1.98. The van der Waals surface area contributed by atoms with Crippen LogP contribution in [0.25, 0.3) is 0 Å². The number of hydrogen-bond donors (Lipinski definition) is 3. The third kappa shape index (κ3) is 8.88. The van der Waals surface area contributed by atoms with Crippen LogP contribution >= 0.6 is 31.7 Å². The first-order chi connectivity index (χ1) is 11.5. The van der Waals surface area contributed by atoms with E-state index in [2.05, 4.69) is 33.4 Å². The van der Waals surface area contributed by atoms with Crippen molar-refractivity contribution in [1.29, 1.82) is 0 Å². The second kappa shape index (κ2) is 11.9. The van der Waals surface area contributed by atoms with Gasteiger partial charge in [-0.1, -0.05) is 41.9 Å². The Balaban J connectivity index is 3.02. The number of thioether (sulfide) groups is 1. The molecule has 0 saturated carbocycles. The van der Waals surface area contributed by atoms with Crippen LogP contribution in [0.2, 0.25) is 5.02 Å². The van der Waals surface area contributed by atoms with Gasteiger partial charge in [-0.05, 0) is 31.1 Å². The molecule has 0 aliphatic heterocycles. The number of rotatable bonds is 5. The van der Waals surface area contributed by atoms with Crippen LogP contribution in [0.3, 0.4) is 0 Å². The van der Waals surface area contributed by atoms with Crippen molar-refractivity contribution in [1.82, 2.24) is 9.97 Å². The zero-order valence-corrected chi connectivity index (χ0v) is 15.4. The molecule has 126 valence electrons. The summed E-state index contributed by atoms with van der Waals surface area (Å²) in [5.74, 6) is 5.73. The number of nitrogens with zero attached hydrogens (tertiary/aromatic N) is 2. The average Bonchev–Trinajstić information content (AvgIpc) is 2.62. The van der Waals surface area contributed by atoms with Gasteiger partial charge in [0.1, 0.15) is 5.70 Å². The van der Waals surface area contributed by atoms with Crippen LogP contribution in [0, 0.1) is 11.8 Å². The molecule has 0 aliphatic carbocycles. The molecule has 0 atom stereocenters. The van der Waals surface area contributed by atoms with Crippen LogP contribution in [-0.2, 0) is 0 Å². The van der Waals surface area contributed by atoms with Gasteiger partial charge in [-0.2, -0.15) is 0 Å². The standard InChI is InChI=1S/C16H17ClN3O2PS/c1-3-4-9-18-13(2)5-6-14-7-10-19-16(24-12-23(21)22)20-11-8-15(14)17/h3-4,7-11,21-22H,2,12H2,1H3,(H,19,20)/b4-3-,10-7?,11-8?,15-14?,18-9?. The molecule has 0 amide bonds. The molecule has 0 aromatic carbocycles.